The van der Waals surface area contributed by atoms with E-state index in [1.165, 1.54) is 82.0 Å². The number of nitrogens with one attached hydrogen (secondary N) is 1. The molecule has 0 aliphatic carbocycles. The number of rotatable bonds is 16. The van der Waals surface area contributed by atoms with Crippen molar-refractivity contribution in [2.45, 2.75) is 96.8 Å². The molecule has 0 saturated carbocycles. The molecule has 6 nitrogen and oxygen atoms in total. The Hall–Kier alpha value is -1.21. The van der Waals surface area contributed by atoms with Crippen molar-refractivity contribution in [2.75, 3.05) is 36.5 Å². The predicted octanol–water partition coefficient (Wildman–Crippen LogP) is 5.79. The number of nitrogens with zero attached hydrogens (tertiary/aromatic N) is 3. The van der Waals surface area contributed by atoms with Crippen LogP contribution in [0.1, 0.15) is 96.8 Å². The van der Waals surface area contributed by atoms with Gasteiger partial charge in [-0.1, -0.05) is 95.3 Å². The van der Waals surface area contributed by atoms with E-state index < -0.39 is 0 Å². The molecule has 2 rings (SSSR count). The molecule has 166 valence electrons. The smallest absolute Gasteiger partial charge is 0.226 e. The number of aromatic nitrogens is 2. The summed E-state index contributed by atoms with van der Waals surface area (Å²) >= 11 is 1.45. The lowest BCUT2D eigenvalue weighted by Crippen LogP contribution is -2.36. The maximum absolute atomic E-state index is 12.1. The predicted molar refractivity (Wildman–Crippen MR) is 122 cm³/mol. The van der Waals surface area contributed by atoms with Gasteiger partial charge in [0, 0.05) is 19.5 Å². The third-order valence-electron chi connectivity index (χ3n) is 5.45. The van der Waals surface area contributed by atoms with Gasteiger partial charge in [0.05, 0.1) is 13.2 Å². The number of anilines is 2. The molecule has 1 aromatic rings. The van der Waals surface area contributed by atoms with Crippen molar-refractivity contribution < 1.29 is 9.53 Å². The van der Waals surface area contributed by atoms with E-state index in [2.05, 4.69) is 27.3 Å². The fraction of sp³-hybridized carbons (Fsp3) is 0.864. The van der Waals surface area contributed by atoms with Crippen LogP contribution in [0.4, 0.5) is 10.3 Å². The van der Waals surface area contributed by atoms with Crippen LogP contribution in [-0.4, -0.2) is 42.4 Å². The maximum atomic E-state index is 12.1. The van der Waals surface area contributed by atoms with E-state index in [4.69, 9.17) is 4.74 Å². The molecule has 0 spiro atoms. The number of hydrogen-bond acceptors (Lipinski definition) is 6. The monoisotopic (exact) mass is 424 g/mol. The molecule has 1 fully saturated rings. The fourth-order valence-electron chi connectivity index (χ4n) is 3.63. The van der Waals surface area contributed by atoms with Crippen molar-refractivity contribution in [3.63, 3.8) is 0 Å². The molecule has 29 heavy (non-hydrogen) atoms. The zero-order chi connectivity index (χ0) is 20.6. The summed E-state index contributed by atoms with van der Waals surface area (Å²) in [6.07, 6.45) is 17.7. The molecule has 1 amide bonds. The Balaban J connectivity index is 1.41. The zero-order valence-electron chi connectivity index (χ0n) is 18.3. The quantitative estimate of drug-likeness (QED) is 0.340. The molecule has 1 aromatic heterocycles. The van der Waals surface area contributed by atoms with Crippen molar-refractivity contribution in [3.05, 3.63) is 0 Å². The second kappa shape index (κ2) is 15.6. The van der Waals surface area contributed by atoms with Crippen molar-refractivity contribution in [3.8, 4) is 0 Å². The summed E-state index contributed by atoms with van der Waals surface area (Å²) in [7, 11) is 0. The summed E-state index contributed by atoms with van der Waals surface area (Å²) in [5.41, 5.74) is 0. The molecule has 1 saturated heterocycles. The summed E-state index contributed by atoms with van der Waals surface area (Å²) in [6.45, 7) is 5.39. The van der Waals surface area contributed by atoms with Gasteiger partial charge in [0.1, 0.15) is 0 Å². The molecule has 0 aromatic carbocycles. The fourth-order valence-corrected chi connectivity index (χ4v) is 4.45. The number of amides is 1. The lowest BCUT2D eigenvalue weighted by atomic mass is 10.0. The second-order valence-electron chi connectivity index (χ2n) is 8.03. The standard InChI is InChI=1S/C22H40N4O2S/c1-2-3-4-5-6-7-8-9-10-11-12-13-14-15-20(27)23-21-24-25-22(29-21)26-16-18-28-19-17-26/h2-19H2,1H3,(H,23,24,27). The van der Waals surface area contributed by atoms with Gasteiger partial charge in [0.15, 0.2) is 0 Å². The Morgan fingerprint density at radius 2 is 1.45 bits per heavy atom. The van der Waals surface area contributed by atoms with Gasteiger partial charge < -0.3 is 15.0 Å². The molecular weight excluding hydrogens is 384 g/mol. The summed E-state index contributed by atoms with van der Waals surface area (Å²) in [5.74, 6) is 0.0535. The van der Waals surface area contributed by atoms with Gasteiger partial charge in [0.25, 0.3) is 0 Å². The Bertz CT molecular complexity index is 547. The van der Waals surface area contributed by atoms with Crippen LogP contribution >= 0.6 is 11.3 Å². The number of ether oxygens (including phenoxy) is 1. The molecule has 0 atom stereocenters. The third kappa shape index (κ3) is 10.9. The van der Waals surface area contributed by atoms with Gasteiger partial charge in [-0.2, -0.15) is 0 Å². The SMILES string of the molecule is CCCCCCCCCCCCCCCC(=O)Nc1nnc(N2CCOCC2)s1. The highest BCUT2D eigenvalue weighted by Crippen LogP contribution is 2.24. The van der Waals surface area contributed by atoms with Crippen LogP contribution in [0.15, 0.2) is 0 Å². The first-order valence-electron chi connectivity index (χ1n) is 11.8. The Labute approximate surface area is 180 Å². The Kier molecular flexibility index (Phi) is 12.9. The largest absolute Gasteiger partial charge is 0.378 e. The average molecular weight is 425 g/mol. The topological polar surface area (TPSA) is 67.4 Å². The van der Waals surface area contributed by atoms with Crippen molar-refractivity contribution in [1.29, 1.82) is 0 Å². The lowest BCUT2D eigenvalue weighted by molar-refractivity contribution is -0.116. The van der Waals surface area contributed by atoms with E-state index >= 15 is 0 Å². The number of morpholine rings is 1. The first-order chi connectivity index (χ1) is 14.3. The van der Waals surface area contributed by atoms with Crippen LogP contribution in [0, 0.1) is 0 Å². The van der Waals surface area contributed by atoms with Crippen LogP contribution in [0.25, 0.3) is 0 Å². The minimum atomic E-state index is 0.0535. The van der Waals surface area contributed by atoms with Gasteiger partial charge in [0.2, 0.25) is 16.2 Å². The number of carbonyl (C=O) groups is 1. The zero-order valence-corrected chi connectivity index (χ0v) is 19.1. The first kappa shape index (κ1) is 24.1. The van der Waals surface area contributed by atoms with Gasteiger partial charge >= 0.3 is 0 Å². The van der Waals surface area contributed by atoms with Gasteiger partial charge in [-0.15, -0.1) is 10.2 Å². The van der Waals surface area contributed by atoms with E-state index in [1.807, 2.05) is 0 Å². The van der Waals surface area contributed by atoms with Crippen LogP contribution in [0.5, 0.6) is 0 Å². The van der Waals surface area contributed by atoms with Crippen molar-refractivity contribution in [2.24, 2.45) is 0 Å². The minimum Gasteiger partial charge on any atom is -0.378 e. The highest BCUT2D eigenvalue weighted by molar-refractivity contribution is 7.19. The van der Waals surface area contributed by atoms with Crippen LogP contribution in [0.2, 0.25) is 0 Å². The van der Waals surface area contributed by atoms with Gasteiger partial charge in [-0.05, 0) is 6.42 Å². The molecule has 1 N–H and O–H groups in total. The van der Waals surface area contributed by atoms with Crippen LogP contribution < -0.4 is 10.2 Å². The third-order valence-corrected chi connectivity index (χ3v) is 6.35. The van der Waals surface area contributed by atoms with E-state index in [0.717, 1.165) is 44.3 Å². The van der Waals surface area contributed by atoms with Crippen molar-refractivity contribution >= 4 is 27.5 Å². The van der Waals surface area contributed by atoms with Gasteiger partial charge in [-0.3, -0.25) is 4.79 Å². The second-order valence-corrected chi connectivity index (χ2v) is 8.99. The number of carbonyl (C=O) groups excluding carboxylic acids is 1. The molecule has 7 heteroatoms. The molecular formula is C22H40N4O2S. The van der Waals surface area contributed by atoms with Crippen LogP contribution in [0.3, 0.4) is 0 Å². The lowest BCUT2D eigenvalue weighted by Gasteiger charge is -2.25. The summed E-state index contributed by atoms with van der Waals surface area (Å²) < 4.78 is 5.35. The van der Waals surface area contributed by atoms with Gasteiger partial charge in [-0.25, -0.2) is 0 Å². The Morgan fingerprint density at radius 1 is 0.897 bits per heavy atom. The van der Waals surface area contributed by atoms with E-state index in [1.54, 1.807) is 0 Å². The molecule has 0 bridgehead atoms. The Morgan fingerprint density at radius 3 is 2.03 bits per heavy atom. The first-order valence-corrected chi connectivity index (χ1v) is 12.6. The maximum Gasteiger partial charge on any atom is 0.226 e. The molecule has 2 heterocycles. The molecule has 0 radical (unpaired) electrons. The molecule has 1 aliphatic rings. The van der Waals surface area contributed by atoms with E-state index in [-0.39, 0.29) is 5.91 Å². The highest BCUT2D eigenvalue weighted by atomic mass is 32.1. The van der Waals surface area contributed by atoms with E-state index in [0.29, 0.717) is 11.6 Å². The van der Waals surface area contributed by atoms with E-state index in [9.17, 15) is 4.79 Å². The number of unbranched alkanes of at least 4 members (excludes halogenated alkanes) is 12. The molecule has 1 aliphatic heterocycles. The minimum absolute atomic E-state index is 0.0535. The summed E-state index contributed by atoms with van der Waals surface area (Å²) in [4.78, 5) is 14.2. The van der Waals surface area contributed by atoms with Crippen molar-refractivity contribution in [1.82, 2.24) is 10.2 Å². The normalized spacial score (nSPS) is 14.3. The summed E-state index contributed by atoms with van der Waals surface area (Å²) in [6, 6.07) is 0. The highest BCUT2D eigenvalue weighted by Gasteiger charge is 2.16. The average Bonchev–Trinajstić information content (AvgIpc) is 3.20. The molecule has 0 unspecified atom stereocenters. The van der Waals surface area contributed by atoms with Crippen LogP contribution in [-0.2, 0) is 9.53 Å². The summed E-state index contributed by atoms with van der Waals surface area (Å²) in [5, 5.41) is 12.6. The number of hydrogen-bond donors (Lipinski definition) is 1.